The number of rotatable bonds is 7. The molecule has 0 saturated heterocycles. The standard InChI is InChI=1S/C22H29FN6O2/c1-21(2,3)13-27-19-15(20(30)26-12-17(23)22(4,5)31)11-25-18-9-16(28-29(18)19)14-7-6-8-24-10-14/h6-11,17,27,31H,12-13H2,1-5H3,(H,26,30)/t17-/m1/s1. The summed E-state index contributed by atoms with van der Waals surface area (Å²) in [5.41, 5.74) is 0.679. The molecule has 1 amide bonds. The van der Waals surface area contributed by atoms with Crippen LogP contribution in [0.1, 0.15) is 45.0 Å². The highest BCUT2D eigenvalue weighted by Gasteiger charge is 2.28. The lowest BCUT2D eigenvalue weighted by Gasteiger charge is -2.23. The fourth-order valence-electron chi connectivity index (χ4n) is 2.80. The number of nitrogens with one attached hydrogen (secondary N) is 2. The molecule has 0 bridgehead atoms. The summed E-state index contributed by atoms with van der Waals surface area (Å²) in [5, 5.41) is 20.2. The molecule has 0 spiro atoms. The van der Waals surface area contributed by atoms with Gasteiger partial charge in [-0.3, -0.25) is 9.78 Å². The van der Waals surface area contributed by atoms with Crippen LogP contribution in [0.2, 0.25) is 0 Å². The van der Waals surface area contributed by atoms with E-state index in [9.17, 15) is 14.3 Å². The zero-order valence-electron chi connectivity index (χ0n) is 18.5. The second-order valence-corrected chi connectivity index (χ2v) is 9.31. The molecule has 0 radical (unpaired) electrons. The van der Waals surface area contributed by atoms with Gasteiger partial charge in [-0.05, 0) is 31.4 Å². The highest BCUT2D eigenvalue weighted by Crippen LogP contribution is 2.24. The average molecular weight is 429 g/mol. The molecule has 3 rings (SSSR count). The maximum Gasteiger partial charge on any atom is 0.256 e. The number of hydrogen-bond acceptors (Lipinski definition) is 6. The van der Waals surface area contributed by atoms with Crippen molar-refractivity contribution in [2.45, 2.75) is 46.4 Å². The van der Waals surface area contributed by atoms with Crippen LogP contribution in [0, 0.1) is 5.41 Å². The largest absolute Gasteiger partial charge is 0.387 e. The summed E-state index contributed by atoms with van der Waals surface area (Å²) in [6, 6.07) is 5.52. The van der Waals surface area contributed by atoms with Gasteiger partial charge in [0.05, 0.1) is 17.8 Å². The van der Waals surface area contributed by atoms with E-state index in [1.54, 1.807) is 16.9 Å². The van der Waals surface area contributed by atoms with Crippen LogP contribution in [0.25, 0.3) is 16.9 Å². The second-order valence-electron chi connectivity index (χ2n) is 9.31. The molecule has 0 saturated carbocycles. The maximum atomic E-state index is 14.1. The molecule has 1 atom stereocenters. The predicted octanol–water partition coefficient (Wildman–Crippen LogP) is 3.09. The Kier molecular flexibility index (Phi) is 6.26. The van der Waals surface area contributed by atoms with Crippen LogP contribution in [0.5, 0.6) is 0 Å². The van der Waals surface area contributed by atoms with Crippen LogP contribution < -0.4 is 10.6 Å². The van der Waals surface area contributed by atoms with E-state index in [0.29, 0.717) is 23.7 Å². The summed E-state index contributed by atoms with van der Waals surface area (Å²) >= 11 is 0. The first-order valence-corrected chi connectivity index (χ1v) is 10.1. The highest BCUT2D eigenvalue weighted by molar-refractivity contribution is 5.99. The number of amides is 1. The van der Waals surface area contributed by atoms with E-state index in [-0.39, 0.29) is 17.5 Å². The number of pyridine rings is 1. The average Bonchev–Trinajstić information content (AvgIpc) is 3.13. The fraction of sp³-hybridized carbons (Fsp3) is 0.455. The van der Waals surface area contributed by atoms with Crippen molar-refractivity contribution in [1.82, 2.24) is 24.9 Å². The highest BCUT2D eigenvalue weighted by atomic mass is 19.1. The fourth-order valence-corrected chi connectivity index (χ4v) is 2.80. The van der Waals surface area contributed by atoms with Gasteiger partial charge < -0.3 is 15.7 Å². The Morgan fingerprint density at radius 2 is 2.00 bits per heavy atom. The molecule has 8 nitrogen and oxygen atoms in total. The van der Waals surface area contributed by atoms with Crippen LogP contribution in [0.4, 0.5) is 10.2 Å². The Bertz CT molecular complexity index is 1050. The quantitative estimate of drug-likeness (QED) is 0.534. The van der Waals surface area contributed by atoms with E-state index >= 15 is 0 Å². The normalized spacial score (nSPS) is 13.3. The summed E-state index contributed by atoms with van der Waals surface area (Å²) in [6.45, 7) is 9.18. The van der Waals surface area contributed by atoms with E-state index in [0.717, 1.165) is 5.56 Å². The lowest BCUT2D eigenvalue weighted by atomic mass is 9.97. The first-order chi connectivity index (χ1) is 14.5. The minimum absolute atomic E-state index is 0.0619. The predicted molar refractivity (Wildman–Crippen MR) is 118 cm³/mol. The van der Waals surface area contributed by atoms with Gasteiger partial charge >= 0.3 is 0 Å². The first-order valence-electron chi connectivity index (χ1n) is 10.1. The van der Waals surface area contributed by atoms with Crippen LogP contribution in [-0.4, -0.2) is 55.5 Å². The van der Waals surface area contributed by atoms with Gasteiger partial charge in [0.2, 0.25) is 0 Å². The van der Waals surface area contributed by atoms with Crippen LogP contribution in [0.3, 0.4) is 0 Å². The van der Waals surface area contributed by atoms with Crippen LogP contribution >= 0.6 is 0 Å². The summed E-state index contributed by atoms with van der Waals surface area (Å²) in [6.07, 6.45) is 3.22. The molecule has 3 aromatic rings. The molecule has 0 aliphatic heterocycles. The monoisotopic (exact) mass is 428 g/mol. The molecular formula is C22H29FN6O2. The SMILES string of the molecule is CC(C)(C)CNc1c(C(=O)NC[C@@H](F)C(C)(C)O)cnc2cc(-c3cccnc3)nn12. The lowest BCUT2D eigenvalue weighted by molar-refractivity contribution is -0.00177. The van der Waals surface area contributed by atoms with Crippen molar-refractivity contribution in [3.63, 3.8) is 0 Å². The third-order valence-corrected chi connectivity index (χ3v) is 4.68. The number of fused-ring (bicyclic) bond motifs is 1. The molecule has 31 heavy (non-hydrogen) atoms. The Morgan fingerprint density at radius 3 is 2.61 bits per heavy atom. The molecule has 0 aliphatic carbocycles. The van der Waals surface area contributed by atoms with E-state index in [1.165, 1.54) is 20.0 Å². The van der Waals surface area contributed by atoms with Gasteiger partial charge in [0.25, 0.3) is 5.91 Å². The smallest absolute Gasteiger partial charge is 0.256 e. The van der Waals surface area contributed by atoms with Crippen molar-refractivity contribution in [2.75, 3.05) is 18.4 Å². The Hall–Kier alpha value is -3.07. The number of alkyl halides is 1. The lowest BCUT2D eigenvalue weighted by Crippen LogP contribution is -2.42. The molecule has 166 valence electrons. The minimum Gasteiger partial charge on any atom is -0.387 e. The second kappa shape index (κ2) is 8.58. The molecule has 3 N–H and O–H groups in total. The van der Waals surface area contributed by atoms with E-state index < -0.39 is 17.7 Å². The molecule has 9 heteroatoms. The summed E-state index contributed by atoms with van der Waals surface area (Å²) < 4.78 is 15.7. The number of nitrogens with zero attached hydrogens (tertiary/aromatic N) is 4. The minimum atomic E-state index is -1.61. The third kappa shape index (κ3) is 5.55. The number of carbonyl (C=O) groups is 1. The Labute approximate surface area is 180 Å². The summed E-state index contributed by atoms with van der Waals surface area (Å²) in [7, 11) is 0. The number of anilines is 1. The zero-order valence-corrected chi connectivity index (χ0v) is 18.5. The van der Waals surface area contributed by atoms with Crippen LogP contribution in [-0.2, 0) is 0 Å². The van der Waals surface area contributed by atoms with Crippen molar-refractivity contribution in [2.24, 2.45) is 5.41 Å². The van der Waals surface area contributed by atoms with Gasteiger partial charge in [-0.2, -0.15) is 9.61 Å². The molecule has 0 aliphatic rings. The van der Waals surface area contributed by atoms with Crippen LogP contribution in [0.15, 0.2) is 36.8 Å². The van der Waals surface area contributed by atoms with Gasteiger partial charge in [0.1, 0.15) is 17.6 Å². The van der Waals surface area contributed by atoms with E-state index in [1.807, 2.05) is 18.2 Å². The van der Waals surface area contributed by atoms with Crippen molar-refractivity contribution >= 4 is 17.4 Å². The number of halogens is 1. The van der Waals surface area contributed by atoms with Gasteiger partial charge in [0.15, 0.2) is 5.65 Å². The molecule has 0 fully saturated rings. The van der Waals surface area contributed by atoms with Gasteiger partial charge in [0, 0.05) is 36.8 Å². The molecule has 3 heterocycles. The topological polar surface area (TPSA) is 104 Å². The summed E-state index contributed by atoms with van der Waals surface area (Å²) in [4.78, 5) is 21.3. The Balaban J connectivity index is 1.98. The Morgan fingerprint density at radius 1 is 1.26 bits per heavy atom. The molecule has 0 aromatic carbocycles. The first kappa shape index (κ1) is 22.6. The molecular weight excluding hydrogens is 399 g/mol. The number of aliphatic hydroxyl groups is 1. The molecule has 3 aromatic heterocycles. The van der Waals surface area contributed by atoms with Crippen molar-refractivity contribution in [3.8, 4) is 11.3 Å². The van der Waals surface area contributed by atoms with Crippen molar-refractivity contribution in [1.29, 1.82) is 0 Å². The number of aromatic nitrogens is 4. The zero-order chi connectivity index (χ0) is 22.8. The van der Waals surface area contributed by atoms with E-state index in [2.05, 4.69) is 46.5 Å². The van der Waals surface area contributed by atoms with Gasteiger partial charge in [-0.15, -0.1) is 0 Å². The van der Waals surface area contributed by atoms with Crippen molar-refractivity contribution in [3.05, 3.63) is 42.4 Å². The third-order valence-electron chi connectivity index (χ3n) is 4.68. The molecule has 0 unspecified atom stereocenters. The van der Waals surface area contributed by atoms with Gasteiger partial charge in [-0.1, -0.05) is 20.8 Å². The van der Waals surface area contributed by atoms with Crippen molar-refractivity contribution < 1.29 is 14.3 Å². The number of hydrogen-bond donors (Lipinski definition) is 3. The number of carbonyl (C=O) groups excluding carboxylic acids is 1. The van der Waals surface area contributed by atoms with E-state index in [4.69, 9.17) is 0 Å². The summed E-state index contributed by atoms with van der Waals surface area (Å²) in [5.74, 6) is -0.0395. The maximum absolute atomic E-state index is 14.1. The van der Waals surface area contributed by atoms with Gasteiger partial charge in [-0.25, -0.2) is 9.37 Å².